The molecule has 1 N–H and O–H groups in total. The molecule has 0 bridgehead atoms. The SMILES string of the molecule is CC(C)NP(Cc1ccccc1)Cc1ccccc1. The van der Waals surface area contributed by atoms with Gasteiger partial charge in [0, 0.05) is 18.4 Å². The van der Waals surface area contributed by atoms with Crippen molar-refractivity contribution in [2.75, 3.05) is 0 Å². The summed E-state index contributed by atoms with van der Waals surface area (Å²) >= 11 is 0. The highest BCUT2D eigenvalue weighted by molar-refractivity contribution is 7.53. The van der Waals surface area contributed by atoms with Crippen molar-refractivity contribution in [3.05, 3.63) is 71.8 Å². The number of nitrogens with one attached hydrogen (secondary N) is 1. The van der Waals surface area contributed by atoms with Gasteiger partial charge >= 0.3 is 0 Å². The highest BCUT2D eigenvalue weighted by Gasteiger charge is 2.11. The Morgan fingerprint density at radius 2 is 1.21 bits per heavy atom. The Balaban J connectivity index is 2.03. The zero-order chi connectivity index (χ0) is 13.5. The Bertz CT molecular complexity index is 426. The lowest BCUT2D eigenvalue weighted by molar-refractivity contribution is 0.756. The molecule has 0 aliphatic carbocycles. The predicted octanol–water partition coefficient (Wildman–Crippen LogP) is 4.78. The molecule has 2 aromatic rings. The average Bonchev–Trinajstić information content (AvgIpc) is 2.40. The van der Waals surface area contributed by atoms with Crippen molar-refractivity contribution >= 4 is 8.07 Å². The molecule has 0 amide bonds. The van der Waals surface area contributed by atoms with Crippen LogP contribution < -0.4 is 5.09 Å². The van der Waals surface area contributed by atoms with E-state index in [9.17, 15) is 0 Å². The second-order valence-corrected chi connectivity index (χ2v) is 7.08. The van der Waals surface area contributed by atoms with E-state index in [1.165, 1.54) is 11.1 Å². The number of hydrogen-bond acceptors (Lipinski definition) is 1. The summed E-state index contributed by atoms with van der Waals surface area (Å²) in [5.74, 6) is 0. The molecular formula is C17H22NP. The van der Waals surface area contributed by atoms with Crippen LogP contribution >= 0.6 is 8.07 Å². The van der Waals surface area contributed by atoms with E-state index in [4.69, 9.17) is 0 Å². The number of benzene rings is 2. The van der Waals surface area contributed by atoms with Gasteiger partial charge in [-0.25, -0.2) is 0 Å². The minimum atomic E-state index is -0.203. The van der Waals surface area contributed by atoms with Crippen LogP contribution in [0.15, 0.2) is 60.7 Å². The van der Waals surface area contributed by atoms with Gasteiger partial charge in [0.15, 0.2) is 0 Å². The minimum absolute atomic E-state index is 0.203. The van der Waals surface area contributed by atoms with Gasteiger partial charge < -0.3 is 0 Å². The predicted molar refractivity (Wildman–Crippen MR) is 85.5 cm³/mol. The Morgan fingerprint density at radius 3 is 1.58 bits per heavy atom. The van der Waals surface area contributed by atoms with Gasteiger partial charge in [-0.05, 0) is 33.0 Å². The van der Waals surface area contributed by atoms with Gasteiger partial charge in [-0.15, -0.1) is 0 Å². The van der Waals surface area contributed by atoms with Crippen LogP contribution in [-0.2, 0) is 12.3 Å². The fourth-order valence-electron chi connectivity index (χ4n) is 2.12. The van der Waals surface area contributed by atoms with Gasteiger partial charge in [-0.3, -0.25) is 5.09 Å². The van der Waals surface area contributed by atoms with Crippen LogP contribution in [-0.4, -0.2) is 6.04 Å². The number of hydrogen-bond donors (Lipinski definition) is 1. The van der Waals surface area contributed by atoms with Gasteiger partial charge in [0.2, 0.25) is 0 Å². The first-order chi connectivity index (χ1) is 9.24. The molecule has 0 saturated heterocycles. The molecule has 2 aromatic carbocycles. The van der Waals surface area contributed by atoms with Crippen LogP contribution in [0.3, 0.4) is 0 Å². The first kappa shape index (κ1) is 14.2. The molecule has 0 spiro atoms. The van der Waals surface area contributed by atoms with E-state index in [2.05, 4.69) is 79.6 Å². The van der Waals surface area contributed by atoms with Crippen molar-refractivity contribution in [1.82, 2.24) is 5.09 Å². The fourth-order valence-corrected chi connectivity index (χ4v) is 4.45. The fraction of sp³-hybridized carbons (Fsp3) is 0.294. The topological polar surface area (TPSA) is 12.0 Å². The molecule has 2 rings (SSSR count). The van der Waals surface area contributed by atoms with Crippen molar-refractivity contribution < 1.29 is 0 Å². The monoisotopic (exact) mass is 271 g/mol. The van der Waals surface area contributed by atoms with Crippen LogP contribution in [0.4, 0.5) is 0 Å². The van der Waals surface area contributed by atoms with Gasteiger partial charge in [-0.2, -0.15) is 0 Å². The second kappa shape index (κ2) is 7.43. The zero-order valence-corrected chi connectivity index (χ0v) is 12.6. The molecule has 100 valence electrons. The van der Waals surface area contributed by atoms with Crippen LogP contribution in [0.25, 0.3) is 0 Å². The first-order valence-corrected chi connectivity index (χ1v) is 8.54. The van der Waals surface area contributed by atoms with E-state index >= 15 is 0 Å². The van der Waals surface area contributed by atoms with Crippen molar-refractivity contribution in [3.63, 3.8) is 0 Å². The lowest BCUT2D eigenvalue weighted by atomic mass is 10.2. The summed E-state index contributed by atoms with van der Waals surface area (Å²) in [4.78, 5) is 0. The Hall–Kier alpha value is -1.17. The van der Waals surface area contributed by atoms with Gasteiger partial charge in [0.25, 0.3) is 0 Å². The van der Waals surface area contributed by atoms with Crippen LogP contribution in [0, 0.1) is 0 Å². The van der Waals surface area contributed by atoms with Crippen LogP contribution in [0.2, 0.25) is 0 Å². The van der Waals surface area contributed by atoms with Gasteiger partial charge in [0.05, 0.1) is 0 Å². The van der Waals surface area contributed by atoms with E-state index in [1.807, 2.05) is 0 Å². The average molecular weight is 271 g/mol. The van der Waals surface area contributed by atoms with E-state index in [0.29, 0.717) is 6.04 Å². The molecule has 19 heavy (non-hydrogen) atoms. The molecule has 0 fully saturated rings. The normalized spacial score (nSPS) is 11.2. The van der Waals surface area contributed by atoms with Crippen molar-refractivity contribution in [2.24, 2.45) is 0 Å². The third-order valence-electron chi connectivity index (χ3n) is 2.87. The van der Waals surface area contributed by atoms with Crippen LogP contribution in [0.5, 0.6) is 0 Å². The van der Waals surface area contributed by atoms with Crippen molar-refractivity contribution in [2.45, 2.75) is 32.2 Å². The standard InChI is InChI=1S/C17H22NP/c1-15(2)18-19(13-16-9-5-3-6-10-16)14-17-11-7-4-8-12-17/h3-12,15,18H,13-14H2,1-2H3. The van der Waals surface area contributed by atoms with Gasteiger partial charge in [-0.1, -0.05) is 60.7 Å². The van der Waals surface area contributed by atoms with Gasteiger partial charge in [0.1, 0.15) is 0 Å². The second-order valence-electron chi connectivity index (χ2n) is 5.11. The Labute approximate surface area is 117 Å². The summed E-state index contributed by atoms with van der Waals surface area (Å²) in [5, 5.41) is 3.74. The third-order valence-corrected chi connectivity index (χ3v) is 5.25. The lowest BCUT2D eigenvalue weighted by Gasteiger charge is -2.22. The van der Waals surface area contributed by atoms with Crippen molar-refractivity contribution in [3.8, 4) is 0 Å². The molecule has 2 heteroatoms. The summed E-state index contributed by atoms with van der Waals surface area (Å²) in [6.45, 7) is 4.46. The molecule has 1 nitrogen and oxygen atoms in total. The summed E-state index contributed by atoms with van der Waals surface area (Å²) < 4.78 is 0. The molecule has 0 atom stereocenters. The maximum absolute atomic E-state index is 3.74. The van der Waals surface area contributed by atoms with E-state index < -0.39 is 0 Å². The zero-order valence-electron chi connectivity index (χ0n) is 11.7. The summed E-state index contributed by atoms with van der Waals surface area (Å²) in [5.41, 5.74) is 2.86. The van der Waals surface area contributed by atoms with Crippen LogP contribution in [0.1, 0.15) is 25.0 Å². The maximum Gasteiger partial charge on any atom is 0.00611 e. The molecule has 0 heterocycles. The summed E-state index contributed by atoms with van der Waals surface area (Å²) in [7, 11) is -0.203. The molecule has 0 unspecified atom stereocenters. The quantitative estimate of drug-likeness (QED) is 0.745. The molecular weight excluding hydrogens is 249 g/mol. The van der Waals surface area contributed by atoms with Crippen molar-refractivity contribution in [1.29, 1.82) is 0 Å². The first-order valence-electron chi connectivity index (χ1n) is 6.83. The Kier molecular flexibility index (Phi) is 5.57. The summed E-state index contributed by atoms with van der Waals surface area (Å²) in [6.07, 6.45) is 2.28. The number of rotatable bonds is 6. The summed E-state index contributed by atoms with van der Waals surface area (Å²) in [6, 6.07) is 22.1. The maximum atomic E-state index is 3.74. The highest BCUT2D eigenvalue weighted by atomic mass is 31.1. The molecule has 0 aliphatic heterocycles. The highest BCUT2D eigenvalue weighted by Crippen LogP contribution is 2.39. The molecule has 0 saturated carbocycles. The molecule has 0 radical (unpaired) electrons. The largest absolute Gasteiger partial charge is 0.293 e. The minimum Gasteiger partial charge on any atom is -0.293 e. The van der Waals surface area contributed by atoms with E-state index in [1.54, 1.807) is 0 Å². The molecule has 0 aliphatic rings. The third kappa shape index (κ3) is 5.14. The molecule has 0 aromatic heterocycles. The van der Waals surface area contributed by atoms with E-state index in [0.717, 1.165) is 12.3 Å². The smallest absolute Gasteiger partial charge is 0.00611 e. The van der Waals surface area contributed by atoms with E-state index in [-0.39, 0.29) is 8.07 Å². The lowest BCUT2D eigenvalue weighted by Crippen LogP contribution is -2.18. The Morgan fingerprint density at radius 1 is 0.789 bits per heavy atom.